The number of carbonyl (C=O) groups is 2. The number of ketones is 1. The lowest BCUT2D eigenvalue weighted by Crippen LogP contribution is -2.16. The molecule has 3 rings (SSSR count). The van der Waals surface area contributed by atoms with E-state index in [9.17, 15) is 9.59 Å². The maximum Gasteiger partial charge on any atom is 0.340 e. The smallest absolute Gasteiger partial charge is 0.340 e. The highest BCUT2D eigenvalue weighted by Gasteiger charge is 2.20. The molecule has 0 saturated heterocycles. The average molecular weight is 390 g/mol. The van der Waals surface area contributed by atoms with Crippen LogP contribution in [0.4, 0.5) is 5.69 Å². The van der Waals surface area contributed by atoms with Gasteiger partial charge in [-0.1, -0.05) is 11.6 Å². The number of anilines is 1. The zero-order chi connectivity index (χ0) is 18.8. The number of nitrogens with zero attached hydrogens (tertiary/aromatic N) is 2. The molecule has 0 bridgehead atoms. The van der Waals surface area contributed by atoms with Gasteiger partial charge in [-0.05, 0) is 38.1 Å². The fourth-order valence-corrected chi connectivity index (χ4v) is 3.60. The number of ether oxygens (including phenoxy) is 1. The number of benzene rings is 1. The highest BCUT2D eigenvalue weighted by molar-refractivity contribution is 7.12. The van der Waals surface area contributed by atoms with Crippen molar-refractivity contribution in [2.75, 3.05) is 12.3 Å². The Labute approximate surface area is 159 Å². The van der Waals surface area contributed by atoms with Crippen LogP contribution in [0.2, 0.25) is 5.02 Å². The van der Waals surface area contributed by atoms with E-state index in [0.29, 0.717) is 10.6 Å². The average Bonchev–Trinajstić information content (AvgIpc) is 3.20. The Bertz CT molecular complexity index is 980. The first kappa shape index (κ1) is 18.2. The number of hydrogen-bond acceptors (Lipinski definition) is 6. The van der Waals surface area contributed by atoms with Crippen LogP contribution in [-0.4, -0.2) is 27.9 Å². The molecule has 0 aliphatic heterocycles. The van der Waals surface area contributed by atoms with Crippen LogP contribution in [0.15, 0.2) is 35.8 Å². The maximum atomic E-state index is 12.5. The van der Waals surface area contributed by atoms with Gasteiger partial charge in [0.25, 0.3) is 0 Å². The molecular weight excluding hydrogens is 374 g/mol. The molecule has 0 saturated carbocycles. The van der Waals surface area contributed by atoms with Gasteiger partial charge in [0.15, 0.2) is 11.7 Å². The molecule has 0 spiro atoms. The third kappa shape index (κ3) is 3.49. The highest BCUT2D eigenvalue weighted by Crippen LogP contribution is 2.23. The number of nitrogens with two attached hydrogens (primary N) is 1. The summed E-state index contributed by atoms with van der Waals surface area (Å²) in [5, 5.41) is 3.07. The van der Waals surface area contributed by atoms with E-state index in [4.69, 9.17) is 22.1 Å². The number of aryl methyl sites for hydroxylation is 1. The van der Waals surface area contributed by atoms with E-state index in [1.54, 1.807) is 12.3 Å². The molecule has 0 radical (unpaired) electrons. The lowest BCUT2D eigenvalue weighted by Gasteiger charge is -2.08. The van der Waals surface area contributed by atoms with Crippen molar-refractivity contribution in [1.29, 1.82) is 0 Å². The third-order valence-electron chi connectivity index (χ3n) is 3.91. The summed E-state index contributed by atoms with van der Waals surface area (Å²) in [5.74, 6) is -0.956. The summed E-state index contributed by atoms with van der Waals surface area (Å²) in [7, 11) is 0. The first-order valence-electron chi connectivity index (χ1n) is 7.72. The Balaban J connectivity index is 1.75. The molecule has 0 atom stereocenters. The van der Waals surface area contributed by atoms with Gasteiger partial charge < -0.3 is 10.5 Å². The number of nitrogen functional groups attached to an aromatic ring is 1. The van der Waals surface area contributed by atoms with Crippen molar-refractivity contribution in [2.45, 2.75) is 13.8 Å². The van der Waals surface area contributed by atoms with E-state index in [1.807, 2.05) is 23.8 Å². The summed E-state index contributed by atoms with van der Waals surface area (Å²) >= 11 is 7.29. The predicted molar refractivity (Wildman–Crippen MR) is 101 cm³/mol. The molecule has 0 fully saturated rings. The van der Waals surface area contributed by atoms with Gasteiger partial charge in [0, 0.05) is 39.2 Å². The zero-order valence-corrected chi connectivity index (χ0v) is 15.7. The first-order chi connectivity index (χ1) is 12.4. The summed E-state index contributed by atoms with van der Waals surface area (Å²) in [6.45, 7) is 3.36. The fraction of sp³-hybridized carbons (Fsp3) is 0.167. The Kier molecular flexibility index (Phi) is 5.11. The summed E-state index contributed by atoms with van der Waals surface area (Å²) in [5.41, 5.74) is 8.28. The number of halogens is 1. The molecule has 2 N–H and O–H groups in total. The second-order valence-corrected chi connectivity index (χ2v) is 6.98. The van der Waals surface area contributed by atoms with Gasteiger partial charge in [-0.15, -0.1) is 11.3 Å². The fourth-order valence-electron chi connectivity index (χ4n) is 2.67. The Morgan fingerprint density at radius 1 is 1.27 bits per heavy atom. The molecule has 3 aromatic rings. The molecule has 6 nitrogen and oxygen atoms in total. The van der Waals surface area contributed by atoms with Crippen molar-refractivity contribution in [2.24, 2.45) is 0 Å². The van der Waals surface area contributed by atoms with Crippen molar-refractivity contribution in [3.63, 3.8) is 0 Å². The van der Waals surface area contributed by atoms with Gasteiger partial charge in [-0.3, -0.25) is 9.36 Å². The second kappa shape index (κ2) is 7.31. The van der Waals surface area contributed by atoms with Crippen LogP contribution in [0.5, 0.6) is 0 Å². The minimum atomic E-state index is -0.666. The van der Waals surface area contributed by atoms with Crippen LogP contribution >= 0.6 is 22.9 Å². The molecular formula is C18H16ClN3O3S. The van der Waals surface area contributed by atoms with E-state index in [-0.39, 0.29) is 23.6 Å². The van der Waals surface area contributed by atoms with Gasteiger partial charge in [-0.25, -0.2) is 9.78 Å². The number of rotatable bonds is 5. The summed E-state index contributed by atoms with van der Waals surface area (Å²) < 4.78 is 7.03. The summed E-state index contributed by atoms with van der Waals surface area (Å²) in [6, 6.07) is 6.24. The van der Waals surface area contributed by atoms with Gasteiger partial charge in [0.2, 0.25) is 5.78 Å². The Hall–Kier alpha value is -2.64. The molecule has 1 aromatic carbocycles. The summed E-state index contributed by atoms with van der Waals surface area (Å²) in [6.07, 6.45) is 1.71. The molecule has 0 aliphatic rings. The second-order valence-electron chi connectivity index (χ2n) is 5.67. The molecule has 8 heteroatoms. The van der Waals surface area contributed by atoms with Crippen molar-refractivity contribution >= 4 is 40.4 Å². The molecule has 2 aromatic heterocycles. The Morgan fingerprint density at radius 3 is 2.69 bits per heavy atom. The number of aromatic nitrogens is 2. The van der Waals surface area contributed by atoms with E-state index >= 15 is 0 Å². The van der Waals surface area contributed by atoms with Gasteiger partial charge in [0.05, 0.1) is 5.56 Å². The van der Waals surface area contributed by atoms with Crippen LogP contribution in [0.3, 0.4) is 0 Å². The Morgan fingerprint density at radius 2 is 2.04 bits per heavy atom. The predicted octanol–water partition coefficient (Wildman–Crippen LogP) is 3.83. The number of esters is 1. The van der Waals surface area contributed by atoms with Gasteiger partial charge in [-0.2, -0.15) is 0 Å². The molecule has 0 aliphatic carbocycles. The number of hydrogen-bond donors (Lipinski definition) is 1. The number of Topliss-reactive ketones (excluding diaryl/α,β-unsaturated/α-hetero) is 1. The minimum Gasteiger partial charge on any atom is -0.454 e. The molecule has 0 amide bonds. The van der Waals surface area contributed by atoms with Crippen LogP contribution in [0.25, 0.3) is 5.13 Å². The molecule has 2 heterocycles. The number of thiazole rings is 1. The minimum absolute atomic E-state index is 0.176. The zero-order valence-electron chi connectivity index (χ0n) is 14.2. The van der Waals surface area contributed by atoms with Gasteiger partial charge in [0.1, 0.15) is 0 Å². The van der Waals surface area contributed by atoms with Crippen molar-refractivity contribution in [1.82, 2.24) is 9.55 Å². The third-order valence-corrected chi connectivity index (χ3v) is 4.90. The maximum absolute atomic E-state index is 12.5. The van der Waals surface area contributed by atoms with E-state index in [2.05, 4.69) is 4.98 Å². The molecule has 134 valence electrons. The monoisotopic (exact) mass is 389 g/mol. The lowest BCUT2D eigenvalue weighted by molar-refractivity contribution is 0.0475. The quantitative estimate of drug-likeness (QED) is 0.407. The van der Waals surface area contributed by atoms with Crippen LogP contribution < -0.4 is 5.73 Å². The van der Waals surface area contributed by atoms with Crippen molar-refractivity contribution in [3.8, 4) is 5.13 Å². The topological polar surface area (TPSA) is 87.2 Å². The van der Waals surface area contributed by atoms with Crippen molar-refractivity contribution in [3.05, 3.63) is 63.4 Å². The molecule has 26 heavy (non-hydrogen) atoms. The van der Waals surface area contributed by atoms with Crippen LogP contribution in [0.1, 0.15) is 32.1 Å². The largest absolute Gasteiger partial charge is 0.454 e. The standard InChI is InChI=1S/C18H16ClN3O3S/c1-10-7-14(11(2)22(10)18-21-5-6-26-18)16(23)9-25-17(24)13-4-3-12(19)8-15(13)20/h3-8H,9,20H2,1-2H3. The van der Waals surface area contributed by atoms with Crippen LogP contribution in [0, 0.1) is 13.8 Å². The van der Waals surface area contributed by atoms with Crippen LogP contribution in [-0.2, 0) is 4.74 Å². The summed E-state index contributed by atoms with van der Waals surface area (Å²) in [4.78, 5) is 28.9. The highest BCUT2D eigenvalue weighted by atomic mass is 35.5. The normalized spacial score (nSPS) is 10.7. The lowest BCUT2D eigenvalue weighted by atomic mass is 10.1. The SMILES string of the molecule is Cc1cc(C(=O)COC(=O)c2ccc(Cl)cc2N)c(C)n1-c1nccs1. The van der Waals surface area contributed by atoms with E-state index in [1.165, 1.54) is 29.5 Å². The number of carbonyl (C=O) groups excluding carboxylic acids is 2. The van der Waals surface area contributed by atoms with E-state index < -0.39 is 5.97 Å². The first-order valence-corrected chi connectivity index (χ1v) is 8.98. The molecule has 0 unspecified atom stereocenters. The van der Waals surface area contributed by atoms with E-state index in [0.717, 1.165) is 16.5 Å². The van der Waals surface area contributed by atoms with Gasteiger partial charge >= 0.3 is 5.97 Å². The van der Waals surface area contributed by atoms with Crippen molar-refractivity contribution < 1.29 is 14.3 Å².